The molecular weight excluding hydrogens is 448 g/mol. The van der Waals surface area contributed by atoms with Crippen LogP contribution < -0.4 is 5.32 Å². The average Bonchev–Trinajstić information content (AvgIpc) is 3.41. The molecule has 1 aliphatic heterocycles. The summed E-state index contributed by atoms with van der Waals surface area (Å²) in [6.45, 7) is -0.189. The Morgan fingerprint density at radius 3 is 2.12 bits per heavy atom. The van der Waals surface area contributed by atoms with Gasteiger partial charge in [-0.25, -0.2) is 8.42 Å². The van der Waals surface area contributed by atoms with Gasteiger partial charge in [0, 0.05) is 24.4 Å². The van der Waals surface area contributed by atoms with Gasteiger partial charge in [-0.2, -0.15) is 0 Å². The molecule has 0 bridgehead atoms. The van der Waals surface area contributed by atoms with E-state index in [1.54, 1.807) is 60.0 Å². The number of hydrogen-bond donors (Lipinski definition) is 1. The number of carbonyl (C=O) groups is 3. The van der Waals surface area contributed by atoms with E-state index < -0.39 is 32.8 Å². The minimum Gasteiger partial charge on any atom is -0.354 e. The fraction of sp³-hybridized carbons (Fsp3) is 0.174. The van der Waals surface area contributed by atoms with Crippen LogP contribution >= 0.6 is 11.3 Å². The SMILES string of the molecule is O=C(CCN1C(=O)c2ccccc2C1=O)NC[C@H](c1cccs1)S(=O)(=O)c1ccccc1. The Bertz CT molecular complexity index is 1220. The zero-order chi connectivity index (χ0) is 22.7. The normalized spacial score (nSPS) is 14.3. The van der Waals surface area contributed by atoms with Crippen molar-refractivity contribution in [3.05, 3.63) is 88.1 Å². The molecule has 1 aromatic heterocycles. The Morgan fingerprint density at radius 2 is 1.53 bits per heavy atom. The van der Waals surface area contributed by atoms with Crippen LogP contribution in [0.5, 0.6) is 0 Å². The van der Waals surface area contributed by atoms with Crippen LogP contribution in [0.4, 0.5) is 0 Å². The molecule has 4 rings (SSSR count). The molecule has 2 aromatic carbocycles. The Hall–Kier alpha value is -3.30. The molecule has 3 amide bonds. The third-order valence-corrected chi connectivity index (χ3v) is 8.47. The maximum atomic E-state index is 13.2. The quantitative estimate of drug-likeness (QED) is 0.512. The Morgan fingerprint density at radius 1 is 0.906 bits per heavy atom. The molecule has 1 atom stereocenters. The second-order valence-corrected chi connectivity index (χ2v) is 10.3. The first-order valence-electron chi connectivity index (χ1n) is 9.94. The summed E-state index contributed by atoms with van der Waals surface area (Å²) in [6, 6.07) is 18.1. The number of hydrogen-bond acceptors (Lipinski definition) is 6. The van der Waals surface area contributed by atoms with Gasteiger partial charge in [-0.1, -0.05) is 36.4 Å². The molecule has 9 heteroatoms. The number of thiophene rings is 1. The number of nitrogens with one attached hydrogen (secondary N) is 1. The van der Waals surface area contributed by atoms with Crippen molar-refractivity contribution in [2.24, 2.45) is 0 Å². The molecule has 3 aromatic rings. The number of imide groups is 1. The average molecular weight is 469 g/mol. The predicted octanol–water partition coefficient (Wildman–Crippen LogP) is 3.07. The largest absolute Gasteiger partial charge is 0.354 e. The lowest BCUT2D eigenvalue weighted by Crippen LogP contribution is -2.36. The highest BCUT2D eigenvalue weighted by molar-refractivity contribution is 7.91. The van der Waals surface area contributed by atoms with E-state index in [0.29, 0.717) is 16.0 Å². The number of fused-ring (bicyclic) bond motifs is 1. The lowest BCUT2D eigenvalue weighted by Gasteiger charge is -2.18. The first-order chi connectivity index (χ1) is 15.4. The standard InChI is InChI=1S/C23H20N2O5S2/c26-21(12-13-25-22(27)17-9-4-5-10-18(17)23(25)28)24-15-20(19-11-6-14-31-19)32(29,30)16-7-2-1-3-8-16/h1-11,14,20H,12-13,15H2,(H,24,26)/t20-/m1/s1. The highest BCUT2D eigenvalue weighted by Gasteiger charge is 2.35. The van der Waals surface area contributed by atoms with Crippen LogP contribution in [0.3, 0.4) is 0 Å². The van der Waals surface area contributed by atoms with Crippen molar-refractivity contribution in [2.45, 2.75) is 16.6 Å². The summed E-state index contributed by atoms with van der Waals surface area (Å²) in [5, 5.41) is 3.51. The van der Waals surface area contributed by atoms with E-state index in [-0.39, 0.29) is 24.4 Å². The number of benzene rings is 2. The molecule has 0 unspecified atom stereocenters. The van der Waals surface area contributed by atoms with Crippen molar-refractivity contribution in [3.63, 3.8) is 0 Å². The number of carbonyl (C=O) groups excluding carboxylic acids is 3. The van der Waals surface area contributed by atoms with Crippen molar-refractivity contribution in [1.29, 1.82) is 0 Å². The van der Waals surface area contributed by atoms with Gasteiger partial charge in [-0.15, -0.1) is 11.3 Å². The van der Waals surface area contributed by atoms with Crippen molar-refractivity contribution in [2.75, 3.05) is 13.1 Å². The van der Waals surface area contributed by atoms with E-state index in [0.717, 1.165) is 4.90 Å². The van der Waals surface area contributed by atoms with Crippen molar-refractivity contribution < 1.29 is 22.8 Å². The zero-order valence-corrected chi connectivity index (χ0v) is 18.6. The van der Waals surface area contributed by atoms with Gasteiger partial charge in [0.2, 0.25) is 5.91 Å². The second kappa shape index (κ2) is 9.05. The summed E-state index contributed by atoms with van der Waals surface area (Å²) in [5.74, 6) is -1.30. The summed E-state index contributed by atoms with van der Waals surface area (Å²) in [7, 11) is -3.73. The van der Waals surface area contributed by atoms with E-state index in [4.69, 9.17) is 0 Å². The fourth-order valence-electron chi connectivity index (χ4n) is 3.56. The van der Waals surface area contributed by atoms with Crippen molar-refractivity contribution >= 4 is 38.9 Å². The van der Waals surface area contributed by atoms with Crippen molar-refractivity contribution in [3.8, 4) is 0 Å². The Kier molecular flexibility index (Phi) is 6.20. The van der Waals surface area contributed by atoms with Crippen molar-refractivity contribution in [1.82, 2.24) is 10.2 Å². The minimum atomic E-state index is -3.73. The molecule has 0 saturated heterocycles. The lowest BCUT2D eigenvalue weighted by atomic mass is 10.1. The van der Waals surface area contributed by atoms with Gasteiger partial charge in [0.25, 0.3) is 11.8 Å². The topological polar surface area (TPSA) is 101 Å². The molecule has 7 nitrogen and oxygen atoms in total. The van der Waals surface area contributed by atoms with E-state index in [1.807, 2.05) is 0 Å². The van der Waals surface area contributed by atoms with Gasteiger partial charge in [-0.05, 0) is 35.7 Å². The molecular formula is C23H20N2O5S2. The van der Waals surface area contributed by atoms with Gasteiger partial charge in [0.15, 0.2) is 9.84 Å². The summed E-state index contributed by atoms with van der Waals surface area (Å²) >= 11 is 1.30. The van der Waals surface area contributed by atoms with Gasteiger partial charge < -0.3 is 5.32 Å². The van der Waals surface area contributed by atoms with Gasteiger partial charge >= 0.3 is 0 Å². The molecule has 164 valence electrons. The van der Waals surface area contributed by atoms with Gasteiger partial charge in [-0.3, -0.25) is 19.3 Å². The Balaban J connectivity index is 1.42. The lowest BCUT2D eigenvalue weighted by molar-refractivity contribution is -0.121. The van der Waals surface area contributed by atoms with E-state index in [1.165, 1.54) is 23.5 Å². The van der Waals surface area contributed by atoms with Gasteiger partial charge in [0.1, 0.15) is 5.25 Å². The first kappa shape index (κ1) is 21.9. The van der Waals surface area contributed by atoms with Crippen LogP contribution in [-0.2, 0) is 14.6 Å². The molecule has 0 radical (unpaired) electrons. The first-order valence-corrected chi connectivity index (χ1v) is 12.4. The highest BCUT2D eigenvalue weighted by Crippen LogP contribution is 2.31. The van der Waals surface area contributed by atoms with Crippen LogP contribution in [-0.4, -0.2) is 44.1 Å². The van der Waals surface area contributed by atoms with Crippen LogP contribution in [0, 0.1) is 0 Å². The van der Waals surface area contributed by atoms with E-state index in [2.05, 4.69) is 5.32 Å². The molecule has 0 aliphatic carbocycles. The monoisotopic (exact) mass is 468 g/mol. The summed E-state index contributed by atoms with van der Waals surface area (Å²) in [5.41, 5.74) is 0.647. The number of amides is 3. The summed E-state index contributed by atoms with van der Waals surface area (Å²) < 4.78 is 26.4. The van der Waals surface area contributed by atoms with Gasteiger partial charge in [0.05, 0.1) is 16.0 Å². The Labute approximate surface area is 189 Å². The summed E-state index contributed by atoms with van der Waals surface area (Å²) in [4.78, 5) is 39.2. The molecule has 32 heavy (non-hydrogen) atoms. The maximum Gasteiger partial charge on any atom is 0.261 e. The third kappa shape index (κ3) is 4.21. The fourth-order valence-corrected chi connectivity index (χ4v) is 6.37. The molecule has 1 aliphatic rings. The highest BCUT2D eigenvalue weighted by atomic mass is 32.2. The number of sulfone groups is 1. The molecule has 0 fully saturated rings. The smallest absolute Gasteiger partial charge is 0.261 e. The summed E-state index contributed by atoms with van der Waals surface area (Å²) in [6.07, 6.45) is -0.117. The number of rotatable bonds is 8. The van der Waals surface area contributed by atoms with Crippen LogP contribution in [0.2, 0.25) is 0 Å². The van der Waals surface area contributed by atoms with E-state index >= 15 is 0 Å². The molecule has 0 saturated carbocycles. The second-order valence-electron chi connectivity index (χ2n) is 7.22. The van der Waals surface area contributed by atoms with Crippen LogP contribution in [0.15, 0.2) is 77.0 Å². The minimum absolute atomic E-state index is 0.0761. The number of nitrogens with zero attached hydrogens (tertiary/aromatic N) is 1. The maximum absolute atomic E-state index is 13.2. The van der Waals surface area contributed by atoms with Crippen LogP contribution in [0.1, 0.15) is 37.3 Å². The molecule has 0 spiro atoms. The van der Waals surface area contributed by atoms with Crippen LogP contribution in [0.25, 0.3) is 0 Å². The molecule has 1 N–H and O–H groups in total. The van der Waals surface area contributed by atoms with E-state index in [9.17, 15) is 22.8 Å². The third-order valence-electron chi connectivity index (χ3n) is 5.23. The zero-order valence-electron chi connectivity index (χ0n) is 16.9. The predicted molar refractivity (Wildman–Crippen MR) is 120 cm³/mol. The molecule has 2 heterocycles.